The lowest BCUT2D eigenvalue weighted by Gasteiger charge is -2.14. The van der Waals surface area contributed by atoms with E-state index >= 15 is 0 Å². The summed E-state index contributed by atoms with van der Waals surface area (Å²) in [4.78, 5) is 165. The molecule has 135 heavy (non-hydrogen) atoms. The van der Waals surface area contributed by atoms with Crippen molar-refractivity contribution in [1.29, 1.82) is 0 Å². The number of nitrogens with two attached hydrogens (primary N) is 1. The molecule has 0 saturated heterocycles. The van der Waals surface area contributed by atoms with E-state index in [0.717, 1.165) is 222 Å². The van der Waals surface area contributed by atoms with Crippen LogP contribution in [0.5, 0.6) is 0 Å². The molecule has 0 bridgehead atoms. The molecule has 0 aliphatic carbocycles. The van der Waals surface area contributed by atoms with E-state index in [0.29, 0.717) is 78.7 Å². The summed E-state index contributed by atoms with van der Waals surface area (Å²) in [6.07, 6.45) is 39.1. The van der Waals surface area contributed by atoms with Gasteiger partial charge in [0.1, 0.15) is 38.6 Å². The topological polar surface area (TPSA) is 633 Å². The van der Waals surface area contributed by atoms with E-state index in [9.17, 15) is 54.0 Å². The van der Waals surface area contributed by atoms with Crippen molar-refractivity contribution >= 4 is 130 Å². The van der Waals surface area contributed by atoms with Gasteiger partial charge in [-0.15, -0.1) is 0 Å². The molecule has 0 spiro atoms. The molecule has 0 saturated carbocycles. The van der Waals surface area contributed by atoms with Crippen LogP contribution >= 0.6 is 47.0 Å². The molecule has 23 N–H and O–H groups in total. The number of aromatic amines is 14. The lowest BCUT2D eigenvalue weighted by Crippen LogP contribution is -2.12. The number of rotatable bonds is 45. The summed E-state index contributed by atoms with van der Waals surface area (Å²) >= 11 is 7.44. The van der Waals surface area contributed by atoms with Crippen LogP contribution in [0.25, 0.3) is 77.2 Å². The Morgan fingerprint density at radius 1 is 0.289 bits per heavy atom. The smallest absolute Gasteiger partial charge is 0.373 e. The Hall–Kier alpha value is -10.6. The highest BCUT2D eigenvalue weighted by Gasteiger charge is 2.21. The van der Waals surface area contributed by atoms with Crippen LogP contribution in [-0.4, -0.2) is 244 Å². The molecule has 38 nitrogen and oxygen atoms in total. The zero-order chi connectivity index (χ0) is 98.1. The van der Waals surface area contributed by atoms with Gasteiger partial charge in [-0.3, -0.25) is 33.6 Å². The standard InChI is InChI=1S/C14H22N4O2S.3C14H21N3O2S.3C12H17N3O2.CO2/c15-4-1-5-21-8-10(7-19)2-3-11-6-16-13-12(11)17-9-18-14(13)20;3*1-9(2)20-7-10(6-18)3-4-11-5-15-13-12(11)16-8-17-14(13)19;3*1-2-8(6-16)3-4-9-5-13-11-10(9)14-7-15-12(11)17;2-1-3/h6,9-10,16,19H,1-5,7-8,15H2,(H,17,18,20);3*5,8-10,15,18H,3-4,6-7H2,1-2H3,(H,16,17,19);3*5,7-8,13,16H,2-4,6H2,1H3,(H,14,15,17);/t3*10-;;2*8-;;/m010.10../s1. The lowest BCUT2D eigenvalue weighted by molar-refractivity contribution is -0.191. The number of aryl methyl sites for hydroxylation is 7. The van der Waals surface area contributed by atoms with E-state index in [4.69, 9.17) is 30.6 Å². The van der Waals surface area contributed by atoms with Gasteiger partial charge < -0.3 is 111 Å². The molecular weight excluding hydrogens is 1810 g/mol. The van der Waals surface area contributed by atoms with Gasteiger partial charge in [0.05, 0.1) is 82.9 Å². The van der Waals surface area contributed by atoms with Gasteiger partial charge in [-0.25, -0.2) is 34.9 Å². The number of nitrogens with one attached hydrogen (secondary N) is 14. The molecule has 14 aromatic rings. The highest BCUT2D eigenvalue weighted by atomic mass is 32.2. The van der Waals surface area contributed by atoms with Gasteiger partial charge in [-0.05, 0) is 228 Å². The van der Waals surface area contributed by atoms with Crippen molar-refractivity contribution in [3.8, 4) is 0 Å². The number of aliphatic hydroxyl groups excluding tert-OH is 7. The molecule has 7 atom stereocenters. The second-order valence-electron chi connectivity index (χ2n) is 33.7. The Balaban J connectivity index is 0.000000214. The predicted molar refractivity (Wildman–Crippen MR) is 539 cm³/mol. The first-order chi connectivity index (χ1) is 65.3. The van der Waals surface area contributed by atoms with Gasteiger partial charge in [0, 0.05) is 89.6 Å². The van der Waals surface area contributed by atoms with Crippen molar-refractivity contribution in [2.45, 2.75) is 194 Å². The van der Waals surface area contributed by atoms with Crippen LogP contribution in [0.2, 0.25) is 0 Å². The molecule has 14 aromatic heterocycles. The van der Waals surface area contributed by atoms with Crippen molar-refractivity contribution in [1.82, 2.24) is 105 Å². The molecule has 14 rings (SSSR count). The van der Waals surface area contributed by atoms with Gasteiger partial charge in [-0.2, -0.15) is 56.6 Å². The van der Waals surface area contributed by atoms with E-state index in [1.54, 1.807) is 0 Å². The van der Waals surface area contributed by atoms with Crippen LogP contribution in [0.3, 0.4) is 0 Å². The number of fused-ring (bicyclic) bond motifs is 7. The minimum atomic E-state index is -0.151. The first-order valence-electron chi connectivity index (χ1n) is 45.9. The molecular formula is C93H136N22O16S4. The SMILES string of the molecule is CC(C)SCC(CO)CCc1c[nH]c2c(=O)[nH]cnc12.CC(C)SC[C@@H](CO)CCc1c[nH]c2c(=O)[nH]cnc12.CC(C)SC[C@H](CO)CCc1c[nH]c2c(=O)[nH]cnc12.CCC(CO)CCc1c[nH]c2c(=O)[nH]cnc12.CC[C@@H](CO)CCc1c[nH]c2c(=O)[nH]cnc12.CC[C@H](CO)CCc1c[nH]c2c(=O)[nH]cnc12.NCCCSC[C@H](CO)CCc1c[nH]c2c(=O)[nH]cnc12.O=C=O. The third-order valence-corrected chi connectivity index (χ3v) is 28.2. The molecule has 0 aliphatic rings. The summed E-state index contributed by atoms with van der Waals surface area (Å²) < 4.78 is 0. The van der Waals surface area contributed by atoms with Crippen molar-refractivity contribution in [3.63, 3.8) is 0 Å². The van der Waals surface area contributed by atoms with Crippen molar-refractivity contribution in [2.75, 3.05) is 81.6 Å². The van der Waals surface area contributed by atoms with Crippen LogP contribution in [0.1, 0.15) is 172 Å². The van der Waals surface area contributed by atoms with Crippen molar-refractivity contribution in [2.24, 2.45) is 47.2 Å². The number of H-pyrrole nitrogens is 14. The van der Waals surface area contributed by atoms with Gasteiger partial charge in [0.15, 0.2) is 0 Å². The predicted octanol–water partition coefficient (Wildman–Crippen LogP) is 9.70. The number of aromatic nitrogens is 21. The van der Waals surface area contributed by atoms with E-state index in [1.807, 2.05) is 90.4 Å². The summed E-state index contributed by atoms with van der Waals surface area (Å²) in [6, 6.07) is 0. The van der Waals surface area contributed by atoms with Crippen molar-refractivity contribution < 1.29 is 45.3 Å². The molecule has 0 amide bonds. The number of hydrogen-bond acceptors (Lipinski definition) is 28. The Morgan fingerprint density at radius 2 is 0.459 bits per heavy atom. The third-order valence-electron chi connectivity index (χ3n) is 23.0. The summed E-state index contributed by atoms with van der Waals surface area (Å²) in [5.41, 5.74) is 20.6. The fourth-order valence-corrected chi connectivity index (χ4v) is 18.4. The summed E-state index contributed by atoms with van der Waals surface area (Å²) in [6.45, 7) is 21.3. The maximum Gasteiger partial charge on any atom is 0.373 e. The number of hydrogen-bond donors (Lipinski definition) is 22. The molecule has 0 radical (unpaired) electrons. The number of nitrogens with zero attached hydrogens (tertiary/aromatic N) is 7. The number of aliphatic hydroxyl groups is 7. The van der Waals surface area contributed by atoms with Crippen molar-refractivity contribution in [3.05, 3.63) is 199 Å². The fourth-order valence-electron chi connectivity index (χ4n) is 14.5. The Bertz CT molecular complexity index is 5730. The zero-order valence-corrected chi connectivity index (χ0v) is 81.7. The first-order valence-corrected chi connectivity index (χ1v) is 50.2. The normalized spacial score (nSPS) is 12.9. The maximum atomic E-state index is 11.6. The molecule has 0 fully saturated rings. The second kappa shape index (κ2) is 60.8. The largest absolute Gasteiger partial charge is 0.396 e. The van der Waals surface area contributed by atoms with Gasteiger partial charge in [0.25, 0.3) is 38.9 Å². The van der Waals surface area contributed by atoms with Gasteiger partial charge >= 0.3 is 6.15 Å². The highest BCUT2D eigenvalue weighted by Crippen LogP contribution is 2.28. The Labute approximate surface area is 797 Å². The van der Waals surface area contributed by atoms with E-state index in [-0.39, 0.29) is 115 Å². The summed E-state index contributed by atoms with van der Waals surface area (Å²) in [7, 11) is 0. The van der Waals surface area contributed by atoms with Gasteiger partial charge in [0.2, 0.25) is 0 Å². The highest BCUT2D eigenvalue weighted by molar-refractivity contribution is 8.00. The molecule has 738 valence electrons. The van der Waals surface area contributed by atoms with Crippen LogP contribution in [0.15, 0.2) is 121 Å². The second-order valence-corrected chi connectivity index (χ2v) is 39.6. The van der Waals surface area contributed by atoms with E-state index in [1.165, 1.54) is 44.3 Å². The number of carbonyl (C=O) groups excluding carboxylic acids is 2. The average molecular weight is 1950 g/mol. The molecule has 0 aromatic carbocycles. The summed E-state index contributed by atoms with van der Waals surface area (Å²) in [5, 5.41) is 66.9. The van der Waals surface area contributed by atoms with Gasteiger partial charge in [-0.1, -0.05) is 81.6 Å². The first kappa shape index (κ1) is 111. The number of thioether (sulfide) groups is 4. The monoisotopic (exact) mass is 1940 g/mol. The summed E-state index contributed by atoms with van der Waals surface area (Å²) in [5.74, 6) is 6.95. The van der Waals surface area contributed by atoms with Crippen LogP contribution in [0.4, 0.5) is 0 Å². The fraction of sp³-hybridized carbons (Fsp3) is 0.538. The minimum absolute atomic E-state index is 0.143. The van der Waals surface area contributed by atoms with E-state index < -0.39 is 0 Å². The van der Waals surface area contributed by atoms with E-state index in [2.05, 4.69) is 167 Å². The van der Waals surface area contributed by atoms with Crippen LogP contribution in [-0.2, 0) is 54.5 Å². The lowest BCUT2D eigenvalue weighted by atomic mass is 9.99. The molecule has 2 unspecified atom stereocenters. The Morgan fingerprint density at radius 3 is 0.615 bits per heavy atom. The molecule has 0 aliphatic heterocycles. The van der Waals surface area contributed by atoms with Crippen LogP contribution < -0.4 is 44.6 Å². The average Bonchev–Trinajstić information content (AvgIpc) is 1.72. The molecule has 42 heteroatoms. The minimum Gasteiger partial charge on any atom is -0.396 e. The quantitative estimate of drug-likeness (QED) is 0.0158. The maximum absolute atomic E-state index is 11.6. The zero-order valence-electron chi connectivity index (χ0n) is 78.4. The Kier molecular flexibility index (Phi) is 50.2. The molecule has 14 heterocycles. The van der Waals surface area contributed by atoms with Crippen LogP contribution in [0, 0.1) is 41.4 Å². The third kappa shape index (κ3) is 35.5.